The number of aryl methyl sites for hydroxylation is 1. The number of nitrogens with zero attached hydrogens (tertiary/aromatic N) is 2. The van der Waals surface area contributed by atoms with Crippen LogP contribution in [0.25, 0.3) is 0 Å². The Hall–Kier alpha value is -1.27. The predicted octanol–water partition coefficient (Wildman–Crippen LogP) is 2.49. The minimum Gasteiger partial charge on any atom is -0.319 e. The van der Waals surface area contributed by atoms with Gasteiger partial charge in [-0.25, -0.2) is 4.98 Å². The molecule has 1 aliphatic carbocycles. The van der Waals surface area contributed by atoms with Gasteiger partial charge in [0.05, 0.1) is 12.2 Å². The minimum absolute atomic E-state index is 0.0703. The summed E-state index contributed by atoms with van der Waals surface area (Å²) in [5.41, 5.74) is 1.31. The molecule has 1 saturated carbocycles. The molecule has 0 bridgehead atoms. The normalized spacial score (nSPS) is 15.3. The van der Waals surface area contributed by atoms with Gasteiger partial charge in [-0.3, -0.25) is 0 Å². The highest BCUT2D eigenvalue weighted by atomic mass is 15.1. The van der Waals surface area contributed by atoms with Crippen LogP contribution in [0, 0.1) is 24.2 Å². The maximum Gasteiger partial charge on any atom is 0.106 e. The van der Waals surface area contributed by atoms with Gasteiger partial charge in [-0.15, -0.1) is 0 Å². The van der Waals surface area contributed by atoms with E-state index in [1.54, 1.807) is 0 Å². The summed E-state index contributed by atoms with van der Waals surface area (Å²) >= 11 is 0. The summed E-state index contributed by atoms with van der Waals surface area (Å²) in [5.74, 6) is 7.58. The van der Waals surface area contributed by atoms with E-state index in [-0.39, 0.29) is 5.41 Å². The van der Waals surface area contributed by atoms with Crippen LogP contribution >= 0.6 is 0 Å². The lowest BCUT2D eigenvalue weighted by Gasteiger charge is -2.09. The number of imidazole rings is 1. The molecular weight excluding hydrogens is 222 g/mol. The van der Waals surface area contributed by atoms with Crippen molar-refractivity contribution in [1.82, 2.24) is 14.9 Å². The van der Waals surface area contributed by atoms with E-state index >= 15 is 0 Å². The maximum absolute atomic E-state index is 4.39. The van der Waals surface area contributed by atoms with Crippen LogP contribution in [-0.4, -0.2) is 15.6 Å². The summed E-state index contributed by atoms with van der Waals surface area (Å²) in [7, 11) is 0. The quantitative estimate of drug-likeness (QED) is 0.826. The molecule has 1 aromatic heterocycles. The van der Waals surface area contributed by atoms with E-state index in [9.17, 15) is 0 Å². The largest absolute Gasteiger partial charge is 0.319 e. The van der Waals surface area contributed by atoms with Crippen LogP contribution in [0.15, 0.2) is 6.20 Å². The summed E-state index contributed by atoms with van der Waals surface area (Å²) in [4.78, 5) is 4.39. The van der Waals surface area contributed by atoms with Crippen molar-refractivity contribution in [3.63, 3.8) is 0 Å². The second-order valence-corrected chi connectivity index (χ2v) is 6.09. The van der Waals surface area contributed by atoms with E-state index in [1.165, 1.54) is 18.5 Å². The average Bonchev–Trinajstić information content (AvgIpc) is 3.02. The first-order valence-electron chi connectivity index (χ1n) is 6.70. The summed E-state index contributed by atoms with van der Waals surface area (Å²) in [5, 5.41) is 3.52. The second-order valence-electron chi connectivity index (χ2n) is 6.09. The third kappa shape index (κ3) is 3.89. The average molecular weight is 245 g/mol. The highest BCUT2D eigenvalue weighted by molar-refractivity contribution is 5.12. The first kappa shape index (κ1) is 13.2. The third-order valence-electron chi connectivity index (χ3n) is 2.99. The summed E-state index contributed by atoms with van der Waals surface area (Å²) in [6.45, 7) is 10.1. The van der Waals surface area contributed by atoms with Gasteiger partial charge in [0.2, 0.25) is 0 Å². The minimum atomic E-state index is 0.0703. The second kappa shape index (κ2) is 5.16. The smallest absolute Gasteiger partial charge is 0.106 e. The number of nitrogens with one attached hydrogen (secondary N) is 1. The van der Waals surface area contributed by atoms with Crippen LogP contribution in [0.1, 0.15) is 45.1 Å². The van der Waals surface area contributed by atoms with Gasteiger partial charge in [0, 0.05) is 24.2 Å². The van der Waals surface area contributed by atoms with Crippen molar-refractivity contribution < 1.29 is 0 Å². The van der Waals surface area contributed by atoms with E-state index in [0.717, 1.165) is 25.0 Å². The lowest BCUT2D eigenvalue weighted by Crippen LogP contribution is -2.18. The number of hydrogen-bond donors (Lipinski definition) is 1. The lowest BCUT2D eigenvalue weighted by molar-refractivity contribution is 0.568. The summed E-state index contributed by atoms with van der Waals surface area (Å²) < 4.78 is 2.20. The summed E-state index contributed by atoms with van der Waals surface area (Å²) in [6, 6.07) is 0.731. The van der Waals surface area contributed by atoms with Crippen molar-refractivity contribution in [2.75, 3.05) is 0 Å². The predicted molar refractivity (Wildman–Crippen MR) is 74.1 cm³/mol. The molecule has 18 heavy (non-hydrogen) atoms. The Bertz CT molecular complexity index is 464. The Morgan fingerprint density at radius 3 is 2.78 bits per heavy atom. The summed E-state index contributed by atoms with van der Waals surface area (Å²) in [6.07, 6.45) is 4.59. The van der Waals surface area contributed by atoms with E-state index < -0.39 is 0 Å². The zero-order chi connectivity index (χ0) is 13.2. The lowest BCUT2D eigenvalue weighted by atomic mass is 9.98. The van der Waals surface area contributed by atoms with Gasteiger partial charge < -0.3 is 9.88 Å². The molecule has 2 rings (SSSR count). The van der Waals surface area contributed by atoms with Crippen LogP contribution in [0.4, 0.5) is 0 Å². The molecule has 1 N–H and O–H groups in total. The first-order valence-corrected chi connectivity index (χ1v) is 6.70. The van der Waals surface area contributed by atoms with Crippen molar-refractivity contribution in [2.24, 2.45) is 5.41 Å². The molecule has 1 fully saturated rings. The Morgan fingerprint density at radius 2 is 2.17 bits per heavy atom. The van der Waals surface area contributed by atoms with Gasteiger partial charge in [-0.05, 0) is 40.5 Å². The molecule has 0 aromatic carbocycles. The molecular formula is C15H23N3. The Kier molecular flexibility index (Phi) is 3.77. The highest BCUT2D eigenvalue weighted by Gasteiger charge is 2.20. The first-order chi connectivity index (χ1) is 8.46. The molecule has 0 radical (unpaired) electrons. The molecule has 0 amide bonds. The van der Waals surface area contributed by atoms with Crippen LogP contribution in [0.5, 0.6) is 0 Å². The van der Waals surface area contributed by atoms with Crippen molar-refractivity contribution in [3.8, 4) is 11.8 Å². The molecule has 1 aliphatic rings. The van der Waals surface area contributed by atoms with Gasteiger partial charge in [0.25, 0.3) is 0 Å². The third-order valence-corrected chi connectivity index (χ3v) is 2.99. The fraction of sp³-hybridized carbons (Fsp3) is 0.667. The van der Waals surface area contributed by atoms with Gasteiger partial charge in [-0.2, -0.15) is 0 Å². The van der Waals surface area contributed by atoms with Crippen molar-refractivity contribution >= 4 is 0 Å². The molecule has 1 heterocycles. The molecule has 1 aromatic rings. The van der Waals surface area contributed by atoms with Crippen LogP contribution in [0.2, 0.25) is 0 Å². The molecule has 0 saturated heterocycles. The molecule has 0 spiro atoms. The van der Waals surface area contributed by atoms with E-state index in [4.69, 9.17) is 0 Å². The van der Waals surface area contributed by atoms with Crippen LogP contribution < -0.4 is 5.32 Å². The fourth-order valence-corrected chi connectivity index (χ4v) is 1.79. The van der Waals surface area contributed by atoms with Crippen molar-refractivity contribution in [1.29, 1.82) is 0 Å². The molecule has 0 unspecified atom stereocenters. The van der Waals surface area contributed by atoms with Gasteiger partial charge in [0.15, 0.2) is 0 Å². The van der Waals surface area contributed by atoms with Crippen LogP contribution in [0.3, 0.4) is 0 Å². The standard InChI is InChI=1S/C15H23N3/c1-12-16-10-14(11-17-13-6-7-13)18(12)9-5-8-15(2,3)4/h10,13,17H,6-7,9,11H2,1-4H3. The zero-order valence-electron chi connectivity index (χ0n) is 11.9. The molecule has 0 atom stereocenters. The van der Waals surface area contributed by atoms with Gasteiger partial charge >= 0.3 is 0 Å². The number of rotatable bonds is 4. The van der Waals surface area contributed by atoms with E-state index in [2.05, 4.69) is 47.5 Å². The Balaban J connectivity index is 2.00. The number of aromatic nitrogens is 2. The van der Waals surface area contributed by atoms with Gasteiger partial charge in [-0.1, -0.05) is 11.8 Å². The molecule has 0 aliphatic heterocycles. The van der Waals surface area contributed by atoms with Crippen molar-refractivity contribution in [2.45, 2.75) is 59.7 Å². The Morgan fingerprint density at radius 1 is 1.44 bits per heavy atom. The molecule has 98 valence electrons. The topological polar surface area (TPSA) is 29.9 Å². The SMILES string of the molecule is Cc1ncc(CNC2CC2)n1CC#CC(C)(C)C. The van der Waals surface area contributed by atoms with E-state index in [1.807, 2.05) is 13.1 Å². The molecule has 3 nitrogen and oxygen atoms in total. The zero-order valence-corrected chi connectivity index (χ0v) is 11.9. The highest BCUT2D eigenvalue weighted by Crippen LogP contribution is 2.19. The van der Waals surface area contributed by atoms with Crippen molar-refractivity contribution in [3.05, 3.63) is 17.7 Å². The molecule has 3 heteroatoms. The van der Waals surface area contributed by atoms with Crippen LogP contribution in [-0.2, 0) is 13.1 Å². The van der Waals surface area contributed by atoms with E-state index in [0.29, 0.717) is 0 Å². The maximum atomic E-state index is 4.39. The number of hydrogen-bond acceptors (Lipinski definition) is 2. The fourth-order valence-electron chi connectivity index (χ4n) is 1.79. The van der Waals surface area contributed by atoms with Gasteiger partial charge in [0.1, 0.15) is 5.82 Å². The monoisotopic (exact) mass is 245 g/mol. The Labute approximate surface area is 110 Å².